The van der Waals surface area contributed by atoms with E-state index in [0.29, 0.717) is 19.6 Å². The molecule has 2 aromatic rings. The van der Waals surface area contributed by atoms with E-state index in [2.05, 4.69) is 5.10 Å². The standard InChI is InChI=1S/C21H25N3O4S/c1-15(25)23(10-11-27-2)14-21(26)24-19(16-6-8-17(28-3)9-7-16)13-18(22-24)20-5-4-12-29-20/h4-9,12,19H,10-11,13-14H2,1-3H3/t19-/m0/s1. The minimum atomic E-state index is -0.221. The molecule has 1 aliphatic rings. The molecule has 7 nitrogen and oxygen atoms in total. The van der Waals surface area contributed by atoms with Crippen molar-refractivity contribution in [3.63, 3.8) is 0 Å². The van der Waals surface area contributed by atoms with Gasteiger partial charge in [0.15, 0.2) is 0 Å². The average molecular weight is 416 g/mol. The molecule has 0 unspecified atom stereocenters. The number of hydrazone groups is 1. The number of carbonyl (C=O) groups is 2. The van der Waals surface area contributed by atoms with Gasteiger partial charge in [0.1, 0.15) is 12.3 Å². The molecule has 1 atom stereocenters. The van der Waals surface area contributed by atoms with E-state index in [-0.39, 0.29) is 24.4 Å². The Labute approximate surface area is 174 Å². The zero-order valence-electron chi connectivity index (χ0n) is 16.8. The van der Waals surface area contributed by atoms with E-state index in [0.717, 1.165) is 21.9 Å². The molecule has 2 heterocycles. The number of nitrogens with zero attached hydrogens (tertiary/aromatic N) is 3. The lowest BCUT2D eigenvalue weighted by molar-refractivity contribution is -0.141. The summed E-state index contributed by atoms with van der Waals surface area (Å²) >= 11 is 1.60. The summed E-state index contributed by atoms with van der Waals surface area (Å²) in [4.78, 5) is 27.6. The van der Waals surface area contributed by atoms with E-state index in [4.69, 9.17) is 9.47 Å². The van der Waals surface area contributed by atoms with Crippen LogP contribution in [0.1, 0.15) is 29.8 Å². The molecule has 0 saturated carbocycles. The molecule has 29 heavy (non-hydrogen) atoms. The molecule has 0 saturated heterocycles. The number of benzene rings is 1. The third-order valence-corrected chi connectivity index (χ3v) is 5.73. The first-order valence-corrected chi connectivity index (χ1v) is 10.2. The molecule has 1 aromatic carbocycles. The Balaban J connectivity index is 1.85. The lowest BCUT2D eigenvalue weighted by atomic mass is 10.0. The zero-order valence-corrected chi connectivity index (χ0v) is 17.6. The summed E-state index contributed by atoms with van der Waals surface area (Å²) in [5.41, 5.74) is 1.85. The first-order chi connectivity index (χ1) is 14.0. The lowest BCUT2D eigenvalue weighted by Crippen LogP contribution is -2.41. The SMILES string of the molecule is COCCN(CC(=O)N1N=C(c2cccs2)C[C@H]1c1ccc(OC)cc1)C(C)=O. The predicted molar refractivity (Wildman–Crippen MR) is 112 cm³/mol. The Kier molecular flexibility index (Phi) is 7.00. The topological polar surface area (TPSA) is 71.4 Å². The fraction of sp³-hybridized carbons (Fsp3) is 0.381. The van der Waals surface area contributed by atoms with E-state index in [9.17, 15) is 9.59 Å². The van der Waals surface area contributed by atoms with Crippen LogP contribution in [-0.2, 0) is 14.3 Å². The third-order valence-electron chi connectivity index (χ3n) is 4.81. The number of hydrogen-bond donors (Lipinski definition) is 0. The van der Waals surface area contributed by atoms with Crippen molar-refractivity contribution >= 4 is 28.9 Å². The maximum Gasteiger partial charge on any atom is 0.262 e. The summed E-state index contributed by atoms with van der Waals surface area (Å²) in [5, 5.41) is 8.14. The lowest BCUT2D eigenvalue weighted by Gasteiger charge is -2.26. The highest BCUT2D eigenvalue weighted by Crippen LogP contribution is 2.34. The molecule has 0 aliphatic carbocycles. The van der Waals surface area contributed by atoms with Gasteiger partial charge in [-0.15, -0.1) is 11.3 Å². The van der Waals surface area contributed by atoms with Gasteiger partial charge in [0.05, 0.1) is 30.3 Å². The summed E-state index contributed by atoms with van der Waals surface area (Å²) < 4.78 is 10.3. The highest BCUT2D eigenvalue weighted by atomic mass is 32.1. The van der Waals surface area contributed by atoms with Gasteiger partial charge >= 0.3 is 0 Å². The molecule has 0 radical (unpaired) electrons. The van der Waals surface area contributed by atoms with Crippen LogP contribution in [0.2, 0.25) is 0 Å². The second-order valence-corrected chi connectivity index (χ2v) is 7.64. The van der Waals surface area contributed by atoms with Gasteiger partial charge in [-0.25, -0.2) is 5.01 Å². The van der Waals surface area contributed by atoms with Crippen LogP contribution in [0.4, 0.5) is 0 Å². The number of carbonyl (C=O) groups excluding carboxylic acids is 2. The maximum atomic E-state index is 13.1. The number of thiophene rings is 1. The van der Waals surface area contributed by atoms with Gasteiger partial charge in [0.2, 0.25) is 5.91 Å². The summed E-state index contributed by atoms with van der Waals surface area (Å²) in [5.74, 6) is 0.369. The average Bonchev–Trinajstić information content (AvgIpc) is 3.40. The van der Waals surface area contributed by atoms with Gasteiger partial charge in [0.25, 0.3) is 5.91 Å². The van der Waals surface area contributed by atoms with E-state index in [1.165, 1.54) is 16.8 Å². The minimum absolute atomic E-state index is 0.0352. The molecule has 0 bridgehead atoms. The Bertz CT molecular complexity index is 865. The van der Waals surface area contributed by atoms with Crippen LogP contribution in [0.3, 0.4) is 0 Å². The zero-order chi connectivity index (χ0) is 20.8. The Hall–Kier alpha value is -2.71. The Morgan fingerprint density at radius 3 is 2.59 bits per heavy atom. The van der Waals surface area contributed by atoms with Crippen LogP contribution < -0.4 is 4.74 Å². The van der Waals surface area contributed by atoms with Crippen molar-refractivity contribution in [3.05, 3.63) is 52.2 Å². The summed E-state index contributed by atoms with van der Waals surface area (Å²) in [6, 6.07) is 11.4. The summed E-state index contributed by atoms with van der Waals surface area (Å²) in [6.45, 7) is 2.15. The largest absolute Gasteiger partial charge is 0.497 e. The molecule has 0 fully saturated rings. The number of methoxy groups -OCH3 is 2. The van der Waals surface area contributed by atoms with Crippen LogP contribution in [0.5, 0.6) is 5.75 Å². The van der Waals surface area contributed by atoms with E-state index in [1.807, 2.05) is 41.8 Å². The van der Waals surface area contributed by atoms with Gasteiger partial charge < -0.3 is 14.4 Å². The summed E-state index contributed by atoms with van der Waals surface area (Å²) in [6.07, 6.45) is 0.622. The Morgan fingerprint density at radius 2 is 2.00 bits per heavy atom. The highest BCUT2D eigenvalue weighted by molar-refractivity contribution is 7.12. The van der Waals surface area contributed by atoms with Crippen LogP contribution >= 0.6 is 11.3 Å². The fourth-order valence-electron chi connectivity index (χ4n) is 3.20. The molecule has 2 amide bonds. The van der Waals surface area contributed by atoms with Gasteiger partial charge in [-0.3, -0.25) is 9.59 Å². The molecule has 154 valence electrons. The van der Waals surface area contributed by atoms with Crippen molar-refractivity contribution in [2.75, 3.05) is 33.9 Å². The van der Waals surface area contributed by atoms with Crippen LogP contribution in [0.25, 0.3) is 0 Å². The van der Waals surface area contributed by atoms with Gasteiger partial charge in [-0.1, -0.05) is 18.2 Å². The Morgan fingerprint density at radius 1 is 1.24 bits per heavy atom. The molecule has 3 rings (SSSR count). The minimum Gasteiger partial charge on any atom is -0.497 e. The molecule has 1 aromatic heterocycles. The predicted octanol–water partition coefficient (Wildman–Crippen LogP) is 2.93. The second-order valence-electron chi connectivity index (χ2n) is 6.69. The summed E-state index contributed by atoms with van der Waals surface area (Å²) in [7, 11) is 3.19. The highest BCUT2D eigenvalue weighted by Gasteiger charge is 2.34. The van der Waals surface area contributed by atoms with Crippen molar-refractivity contribution in [1.82, 2.24) is 9.91 Å². The molecule has 0 spiro atoms. The number of amides is 2. The van der Waals surface area contributed by atoms with Crippen molar-refractivity contribution < 1.29 is 19.1 Å². The molecule has 1 aliphatic heterocycles. The molecular weight excluding hydrogens is 390 g/mol. The fourth-order valence-corrected chi connectivity index (χ4v) is 3.92. The number of hydrogen-bond acceptors (Lipinski definition) is 6. The number of rotatable bonds is 8. The quantitative estimate of drug-likeness (QED) is 0.665. The third kappa shape index (κ3) is 5.02. The van der Waals surface area contributed by atoms with Crippen LogP contribution in [0, 0.1) is 0 Å². The van der Waals surface area contributed by atoms with Crippen LogP contribution in [0.15, 0.2) is 46.9 Å². The van der Waals surface area contributed by atoms with E-state index in [1.54, 1.807) is 25.6 Å². The second kappa shape index (κ2) is 9.67. The smallest absolute Gasteiger partial charge is 0.262 e. The van der Waals surface area contributed by atoms with Crippen molar-refractivity contribution in [3.8, 4) is 5.75 Å². The first-order valence-electron chi connectivity index (χ1n) is 9.35. The maximum absolute atomic E-state index is 13.1. The van der Waals surface area contributed by atoms with Crippen molar-refractivity contribution in [2.45, 2.75) is 19.4 Å². The van der Waals surface area contributed by atoms with Gasteiger partial charge in [-0.2, -0.15) is 5.10 Å². The number of ether oxygens (including phenoxy) is 2. The molecular formula is C21H25N3O4S. The van der Waals surface area contributed by atoms with Gasteiger partial charge in [-0.05, 0) is 29.1 Å². The van der Waals surface area contributed by atoms with Crippen LogP contribution in [-0.4, -0.2) is 61.4 Å². The van der Waals surface area contributed by atoms with Crippen molar-refractivity contribution in [1.29, 1.82) is 0 Å². The van der Waals surface area contributed by atoms with Gasteiger partial charge in [0, 0.05) is 27.0 Å². The molecule has 8 heteroatoms. The van der Waals surface area contributed by atoms with E-state index >= 15 is 0 Å². The normalized spacial score (nSPS) is 15.9. The van der Waals surface area contributed by atoms with E-state index < -0.39 is 0 Å². The monoisotopic (exact) mass is 415 g/mol. The van der Waals surface area contributed by atoms with Crippen molar-refractivity contribution in [2.24, 2.45) is 5.10 Å². The molecule has 0 N–H and O–H groups in total. The first kappa shape index (κ1) is 21.0.